The van der Waals surface area contributed by atoms with Crippen LogP contribution < -0.4 is 0 Å². The molecule has 0 saturated carbocycles. The molecule has 1 atom stereocenters. The van der Waals surface area contributed by atoms with Gasteiger partial charge in [-0.2, -0.15) is 0 Å². The molecule has 13 heavy (non-hydrogen) atoms. The lowest BCUT2D eigenvalue weighted by atomic mass is 10.1. The highest BCUT2D eigenvalue weighted by atomic mass is 16.6. The molecule has 0 spiro atoms. The van der Waals surface area contributed by atoms with Gasteiger partial charge in [0, 0.05) is 11.5 Å². The van der Waals surface area contributed by atoms with E-state index in [4.69, 9.17) is 4.84 Å². The normalized spacial score (nSPS) is 23.5. The summed E-state index contributed by atoms with van der Waals surface area (Å²) in [6.07, 6.45) is 1.11. The van der Waals surface area contributed by atoms with Gasteiger partial charge in [-0.15, -0.1) is 0 Å². The predicted octanol–water partition coefficient (Wildman–Crippen LogP) is 1.90. The van der Waals surface area contributed by atoms with Crippen molar-refractivity contribution in [1.82, 2.24) is 0 Å². The Kier molecular flexibility index (Phi) is 1.29. The minimum Gasteiger partial charge on any atom is -0.395 e. The molecule has 0 N–H and O–H groups in total. The van der Waals surface area contributed by atoms with Crippen molar-refractivity contribution in [2.24, 2.45) is 11.1 Å². The standard InChI is InChI=1S/C11H11NO/c1-7-2-3-10-8(4-7)5-9-6-13-12-11(9)10/h2-4,9H,5-6H2,1H3. The van der Waals surface area contributed by atoms with E-state index in [0.29, 0.717) is 5.92 Å². The van der Waals surface area contributed by atoms with Crippen molar-refractivity contribution in [3.63, 3.8) is 0 Å². The van der Waals surface area contributed by atoms with Crippen molar-refractivity contribution in [2.45, 2.75) is 13.3 Å². The second kappa shape index (κ2) is 2.34. The molecule has 0 bridgehead atoms. The zero-order valence-corrected chi connectivity index (χ0v) is 7.58. The zero-order chi connectivity index (χ0) is 8.84. The summed E-state index contributed by atoms with van der Waals surface area (Å²) < 4.78 is 0. The van der Waals surface area contributed by atoms with Crippen LogP contribution in [0.4, 0.5) is 0 Å². The molecule has 3 rings (SSSR count). The fourth-order valence-electron chi connectivity index (χ4n) is 2.18. The molecular formula is C11H11NO. The lowest BCUT2D eigenvalue weighted by Gasteiger charge is -1.99. The van der Waals surface area contributed by atoms with E-state index >= 15 is 0 Å². The Balaban J connectivity index is 2.17. The van der Waals surface area contributed by atoms with Crippen molar-refractivity contribution in [3.05, 3.63) is 34.9 Å². The number of hydrogen-bond donors (Lipinski definition) is 0. The highest BCUT2D eigenvalue weighted by molar-refractivity contribution is 6.06. The maximum Gasteiger partial charge on any atom is 0.126 e. The molecule has 1 heterocycles. The Bertz CT molecular complexity index is 395. The first-order chi connectivity index (χ1) is 6.34. The van der Waals surface area contributed by atoms with Gasteiger partial charge in [-0.3, -0.25) is 0 Å². The summed E-state index contributed by atoms with van der Waals surface area (Å²) in [6.45, 7) is 2.90. The summed E-state index contributed by atoms with van der Waals surface area (Å²) in [5, 5.41) is 4.09. The van der Waals surface area contributed by atoms with Crippen LogP contribution in [-0.2, 0) is 11.3 Å². The third kappa shape index (κ3) is 0.916. The van der Waals surface area contributed by atoms with Crippen molar-refractivity contribution >= 4 is 5.71 Å². The number of oxime groups is 1. The quantitative estimate of drug-likeness (QED) is 0.587. The number of fused-ring (bicyclic) bond motifs is 3. The Morgan fingerprint density at radius 1 is 1.46 bits per heavy atom. The van der Waals surface area contributed by atoms with Crippen LogP contribution in [0.5, 0.6) is 0 Å². The van der Waals surface area contributed by atoms with Gasteiger partial charge in [0.15, 0.2) is 0 Å². The third-order valence-corrected chi connectivity index (χ3v) is 2.83. The first kappa shape index (κ1) is 7.13. The fraction of sp³-hybridized carbons (Fsp3) is 0.364. The molecule has 1 unspecified atom stereocenters. The van der Waals surface area contributed by atoms with Crippen LogP contribution in [-0.4, -0.2) is 12.3 Å². The van der Waals surface area contributed by atoms with Crippen molar-refractivity contribution in [2.75, 3.05) is 6.61 Å². The van der Waals surface area contributed by atoms with Crippen LogP contribution in [0.3, 0.4) is 0 Å². The molecule has 66 valence electrons. The van der Waals surface area contributed by atoms with Gasteiger partial charge in [-0.25, -0.2) is 0 Å². The molecule has 0 saturated heterocycles. The number of rotatable bonds is 0. The molecule has 1 aliphatic heterocycles. The van der Waals surface area contributed by atoms with E-state index in [1.165, 1.54) is 16.7 Å². The van der Waals surface area contributed by atoms with Gasteiger partial charge in [-0.05, 0) is 18.9 Å². The van der Waals surface area contributed by atoms with Gasteiger partial charge in [-0.1, -0.05) is 28.9 Å². The highest BCUT2D eigenvalue weighted by Gasteiger charge is 2.32. The molecular weight excluding hydrogens is 162 g/mol. The van der Waals surface area contributed by atoms with Crippen molar-refractivity contribution in [1.29, 1.82) is 0 Å². The highest BCUT2D eigenvalue weighted by Crippen LogP contribution is 2.31. The van der Waals surface area contributed by atoms with E-state index in [9.17, 15) is 0 Å². The van der Waals surface area contributed by atoms with Gasteiger partial charge < -0.3 is 4.84 Å². The summed E-state index contributed by atoms with van der Waals surface area (Å²) in [5.41, 5.74) is 5.23. The largest absolute Gasteiger partial charge is 0.395 e. The summed E-state index contributed by atoms with van der Waals surface area (Å²) in [4.78, 5) is 5.09. The smallest absolute Gasteiger partial charge is 0.126 e. The Labute approximate surface area is 77.2 Å². The molecule has 2 aliphatic rings. The van der Waals surface area contributed by atoms with Crippen molar-refractivity contribution in [3.8, 4) is 0 Å². The molecule has 2 nitrogen and oxygen atoms in total. The minimum absolute atomic E-state index is 0.525. The maximum absolute atomic E-state index is 5.09. The second-order valence-electron chi connectivity index (χ2n) is 3.83. The molecule has 0 aromatic heterocycles. The van der Waals surface area contributed by atoms with E-state index < -0.39 is 0 Å². The van der Waals surface area contributed by atoms with Crippen LogP contribution in [0.1, 0.15) is 16.7 Å². The van der Waals surface area contributed by atoms with Gasteiger partial charge >= 0.3 is 0 Å². The minimum atomic E-state index is 0.525. The molecule has 0 amide bonds. The van der Waals surface area contributed by atoms with Crippen LogP contribution in [0.15, 0.2) is 23.4 Å². The van der Waals surface area contributed by atoms with Gasteiger partial charge in [0.25, 0.3) is 0 Å². The Hall–Kier alpha value is -1.31. The SMILES string of the molecule is Cc1ccc2c(c1)CC1CON=C21. The van der Waals surface area contributed by atoms with E-state index in [1.54, 1.807) is 0 Å². The molecule has 0 radical (unpaired) electrons. The summed E-state index contributed by atoms with van der Waals surface area (Å²) in [6, 6.07) is 6.57. The first-order valence-corrected chi connectivity index (χ1v) is 4.64. The lowest BCUT2D eigenvalue weighted by Crippen LogP contribution is -2.07. The van der Waals surface area contributed by atoms with E-state index in [0.717, 1.165) is 18.7 Å². The van der Waals surface area contributed by atoms with Crippen LogP contribution in [0.2, 0.25) is 0 Å². The van der Waals surface area contributed by atoms with Crippen LogP contribution >= 0.6 is 0 Å². The average molecular weight is 173 g/mol. The second-order valence-corrected chi connectivity index (χ2v) is 3.83. The van der Waals surface area contributed by atoms with Gasteiger partial charge in [0.2, 0.25) is 0 Å². The predicted molar refractivity (Wildman–Crippen MR) is 50.9 cm³/mol. The number of hydrogen-bond acceptors (Lipinski definition) is 2. The van der Waals surface area contributed by atoms with E-state index in [-0.39, 0.29) is 0 Å². The molecule has 1 aromatic carbocycles. The van der Waals surface area contributed by atoms with E-state index in [2.05, 4.69) is 30.3 Å². The Morgan fingerprint density at radius 2 is 2.38 bits per heavy atom. The summed E-state index contributed by atoms with van der Waals surface area (Å²) in [5.74, 6) is 0.525. The van der Waals surface area contributed by atoms with Gasteiger partial charge in [0.1, 0.15) is 6.61 Å². The van der Waals surface area contributed by atoms with Crippen LogP contribution in [0, 0.1) is 12.8 Å². The maximum atomic E-state index is 5.09. The number of aryl methyl sites for hydroxylation is 1. The molecule has 1 aliphatic carbocycles. The van der Waals surface area contributed by atoms with Crippen LogP contribution in [0.25, 0.3) is 0 Å². The summed E-state index contributed by atoms with van der Waals surface area (Å²) in [7, 11) is 0. The Morgan fingerprint density at radius 3 is 3.31 bits per heavy atom. The van der Waals surface area contributed by atoms with E-state index in [1.807, 2.05) is 0 Å². The number of benzene rings is 1. The summed E-state index contributed by atoms with van der Waals surface area (Å²) >= 11 is 0. The zero-order valence-electron chi connectivity index (χ0n) is 7.58. The molecule has 2 heteroatoms. The molecule has 0 fully saturated rings. The number of nitrogens with zero attached hydrogens (tertiary/aromatic N) is 1. The molecule has 1 aromatic rings. The fourth-order valence-corrected chi connectivity index (χ4v) is 2.18. The first-order valence-electron chi connectivity index (χ1n) is 4.64. The average Bonchev–Trinajstić information content (AvgIpc) is 2.62. The topological polar surface area (TPSA) is 21.6 Å². The third-order valence-electron chi connectivity index (χ3n) is 2.83. The van der Waals surface area contributed by atoms with Crippen molar-refractivity contribution < 1.29 is 4.84 Å². The monoisotopic (exact) mass is 173 g/mol. The van der Waals surface area contributed by atoms with Gasteiger partial charge in [0.05, 0.1) is 5.71 Å². The lowest BCUT2D eigenvalue weighted by molar-refractivity contribution is 0.154.